The number of hydrogen-bond acceptors (Lipinski definition) is 7. The summed E-state index contributed by atoms with van der Waals surface area (Å²) in [6, 6.07) is 6.72. The van der Waals surface area contributed by atoms with Gasteiger partial charge >= 0.3 is 5.82 Å². The number of aromatic nitrogens is 5. The Bertz CT molecular complexity index is 1070. The molecule has 11 nitrogen and oxygen atoms in total. The molecule has 0 bridgehead atoms. The predicted molar refractivity (Wildman–Crippen MR) is 94.5 cm³/mol. The number of benzene rings is 1. The molecule has 0 unspecified atom stereocenters. The van der Waals surface area contributed by atoms with Crippen LogP contribution in [0, 0.1) is 10.1 Å². The number of imide groups is 1. The minimum atomic E-state index is -0.509. The Hall–Kier alpha value is -3.89. The zero-order valence-electron chi connectivity index (χ0n) is 14.8. The number of nitro groups is 1. The fourth-order valence-corrected chi connectivity index (χ4v) is 3.10. The third-order valence-electron chi connectivity index (χ3n) is 4.61. The van der Waals surface area contributed by atoms with Gasteiger partial charge in [0.25, 0.3) is 11.8 Å². The average Bonchev–Trinajstić information content (AvgIpc) is 3.34. The van der Waals surface area contributed by atoms with E-state index in [1.165, 1.54) is 20.3 Å². The molecule has 0 N–H and O–H groups in total. The number of nitrogens with zero attached hydrogens (tertiary/aromatic N) is 7. The zero-order chi connectivity index (χ0) is 19.8. The number of hydrogen-bond donors (Lipinski definition) is 0. The standard InChI is InChI=1S/C17H15N7O4/c1-21-14(18-8-15(21)24(27)28)10-22-9-11(19-20-22)6-7-23-16(25)12-4-2-3-5-13(12)17(23)26/h2-5,8-9H,6-7,10H2,1H3. The van der Waals surface area contributed by atoms with Gasteiger partial charge in [-0.05, 0) is 17.1 Å². The van der Waals surface area contributed by atoms with Crippen molar-refractivity contribution in [1.29, 1.82) is 0 Å². The van der Waals surface area contributed by atoms with E-state index in [2.05, 4.69) is 15.3 Å². The van der Waals surface area contributed by atoms with E-state index in [0.29, 0.717) is 29.1 Å². The average molecular weight is 381 g/mol. The highest BCUT2D eigenvalue weighted by molar-refractivity contribution is 6.21. The number of carbonyl (C=O) groups is 2. The molecule has 142 valence electrons. The lowest BCUT2D eigenvalue weighted by Gasteiger charge is -2.12. The van der Waals surface area contributed by atoms with E-state index in [-0.39, 0.29) is 30.7 Å². The van der Waals surface area contributed by atoms with E-state index < -0.39 is 4.92 Å². The van der Waals surface area contributed by atoms with E-state index in [4.69, 9.17) is 0 Å². The molecule has 0 radical (unpaired) electrons. The summed E-state index contributed by atoms with van der Waals surface area (Å²) in [6.07, 6.45) is 3.21. The molecule has 0 fully saturated rings. The summed E-state index contributed by atoms with van der Waals surface area (Å²) >= 11 is 0. The first-order chi connectivity index (χ1) is 13.5. The van der Waals surface area contributed by atoms with Crippen LogP contribution in [-0.4, -0.2) is 52.7 Å². The first-order valence-electron chi connectivity index (χ1n) is 8.45. The number of rotatable bonds is 6. The first-order valence-corrected chi connectivity index (χ1v) is 8.45. The summed E-state index contributed by atoms with van der Waals surface area (Å²) in [7, 11) is 1.56. The molecule has 4 rings (SSSR count). The summed E-state index contributed by atoms with van der Waals surface area (Å²) in [4.78, 5) is 40.3. The van der Waals surface area contributed by atoms with Crippen molar-refractivity contribution >= 4 is 17.6 Å². The van der Waals surface area contributed by atoms with Gasteiger partial charge in [0.2, 0.25) is 5.82 Å². The van der Waals surface area contributed by atoms with E-state index in [0.717, 1.165) is 0 Å². The van der Waals surface area contributed by atoms with Crippen molar-refractivity contribution in [2.75, 3.05) is 6.54 Å². The normalized spacial score (nSPS) is 13.2. The SMILES string of the molecule is Cn1c([N+](=O)[O-])cnc1Cn1cc(CCN2C(=O)c3ccccc3C2=O)nn1. The van der Waals surface area contributed by atoms with Gasteiger partial charge in [0.15, 0.2) is 0 Å². The fraction of sp³-hybridized carbons (Fsp3) is 0.235. The van der Waals surface area contributed by atoms with Gasteiger partial charge in [0.05, 0.1) is 23.9 Å². The van der Waals surface area contributed by atoms with Crippen LogP contribution >= 0.6 is 0 Å². The molecule has 0 spiro atoms. The molecule has 1 aliphatic rings. The minimum absolute atomic E-state index is 0.110. The highest BCUT2D eigenvalue weighted by Crippen LogP contribution is 2.22. The Morgan fingerprint density at radius 1 is 1.14 bits per heavy atom. The quantitative estimate of drug-likeness (QED) is 0.351. The largest absolute Gasteiger partial charge is 0.358 e. The monoisotopic (exact) mass is 381 g/mol. The summed E-state index contributed by atoms with van der Waals surface area (Å²) < 4.78 is 2.88. The van der Waals surface area contributed by atoms with Crippen LogP contribution in [0.15, 0.2) is 36.7 Å². The van der Waals surface area contributed by atoms with Gasteiger partial charge in [-0.2, -0.15) is 0 Å². The van der Waals surface area contributed by atoms with Crippen molar-refractivity contribution in [1.82, 2.24) is 29.4 Å². The second kappa shape index (κ2) is 6.68. The van der Waals surface area contributed by atoms with Crippen molar-refractivity contribution in [3.05, 3.63) is 69.4 Å². The van der Waals surface area contributed by atoms with Crippen molar-refractivity contribution < 1.29 is 14.5 Å². The molecular weight excluding hydrogens is 366 g/mol. The lowest BCUT2D eigenvalue weighted by atomic mass is 10.1. The fourth-order valence-electron chi connectivity index (χ4n) is 3.10. The third-order valence-corrected chi connectivity index (χ3v) is 4.61. The molecule has 2 aromatic heterocycles. The Morgan fingerprint density at radius 3 is 2.43 bits per heavy atom. The predicted octanol–water partition coefficient (Wildman–Crippen LogP) is 0.807. The van der Waals surface area contributed by atoms with Crippen LogP contribution in [0.1, 0.15) is 32.2 Å². The van der Waals surface area contributed by atoms with Gasteiger partial charge < -0.3 is 10.1 Å². The van der Waals surface area contributed by atoms with Gasteiger partial charge in [0, 0.05) is 19.2 Å². The Kier molecular flexibility index (Phi) is 4.18. The molecule has 0 aliphatic carbocycles. The van der Waals surface area contributed by atoms with Crippen molar-refractivity contribution in [2.45, 2.75) is 13.0 Å². The molecule has 0 atom stereocenters. The molecule has 1 aromatic carbocycles. The third kappa shape index (κ3) is 2.92. The van der Waals surface area contributed by atoms with Crippen LogP contribution in [0.5, 0.6) is 0 Å². The maximum atomic E-state index is 12.4. The molecule has 3 aromatic rings. The Balaban J connectivity index is 1.42. The van der Waals surface area contributed by atoms with Crippen LogP contribution < -0.4 is 0 Å². The van der Waals surface area contributed by atoms with Crippen LogP contribution in [0.25, 0.3) is 0 Å². The van der Waals surface area contributed by atoms with Gasteiger partial charge in [0.1, 0.15) is 12.7 Å². The van der Waals surface area contributed by atoms with E-state index in [9.17, 15) is 19.7 Å². The molecule has 0 saturated heterocycles. The summed E-state index contributed by atoms with van der Waals surface area (Å²) in [5.41, 5.74) is 1.42. The molecule has 2 amide bonds. The molecule has 11 heteroatoms. The smallest absolute Gasteiger partial charge is 0.342 e. The summed E-state index contributed by atoms with van der Waals surface area (Å²) in [6.45, 7) is 0.406. The van der Waals surface area contributed by atoms with Crippen LogP contribution in [0.4, 0.5) is 5.82 Å². The lowest BCUT2D eigenvalue weighted by Crippen LogP contribution is -2.31. The Labute approximate surface area is 158 Å². The van der Waals surface area contributed by atoms with Crippen LogP contribution in [0.3, 0.4) is 0 Å². The van der Waals surface area contributed by atoms with Crippen LogP contribution in [-0.2, 0) is 20.0 Å². The minimum Gasteiger partial charge on any atom is -0.358 e. The van der Waals surface area contributed by atoms with Gasteiger partial charge in [-0.1, -0.05) is 17.3 Å². The van der Waals surface area contributed by atoms with Crippen LogP contribution in [0.2, 0.25) is 0 Å². The topological polar surface area (TPSA) is 129 Å². The van der Waals surface area contributed by atoms with Crippen molar-refractivity contribution in [3.8, 4) is 0 Å². The Morgan fingerprint density at radius 2 is 1.82 bits per heavy atom. The molecule has 1 aliphatic heterocycles. The van der Waals surface area contributed by atoms with Gasteiger partial charge in [-0.15, -0.1) is 5.10 Å². The van der Waals surface area contributed by atoms with Crippen molar-refractivity contribution in [3.63, 3.8) is 0 Å². The lowest BCUT2D eigenvalue weighted by molar-refractivity contribution is -0.391. The zero-order valence-corrected chi connectivity index (χ0v) is 14.8. The molecule has 3 heterocycles. The molecule has 0 saturated carbocycles. The van der Waals surface area contributed by atoms with Gasteiger partial charge in [-0.25, -0.2) is 14.2 Å². The van der Waals surface area contributed by atoms with E-state index >= 15 is 0 Å². The van der Waals surface area contributed by atoms with E-state index in [1.807, 2.05) is 0 Å². The van der Waals surface area contributed by atoms with Crippen molar-refractivity contribution in [2.24, 2.45) is 7.05 Å². The molecule has 28 heavy (non-hydrogen) atoms. The highest BCUT2D eigenvalue weighted by atomic mass is 16.6. The number of carbonyl (C=O) groups excluding carboxylic acids is 2. The number of imidazole rings is 1. The van der Waals surface area contributed by atoms with Gasteiger partial charge in [-0.3, -0.25) is 14.5 Å². The first kappa shape index (κ1) is 17.5. The number of fused-ring (bicyclic) bond motifs is 1. The second-order valence-electron chi connectivity index (χ2n) is 6.31. The summed E-state index contributed by atoms with van der Waals surface area (Å²) in [5.74, 6) is -0.272. The number of amides is 2. The van der Waals surface area contributed by atoms with E-state index in [1.54, 1.807) is 37.5 Å². The second-order valence-corrected chi connectivity index (χ2v) is 6.31. The maximum Gasteiger partial charge on any atom is 0.342 e. The summed E-state index contributed by atoms with van der Waals surface area (Å²) in [5, 5.41) is 18.9. The molecular formula is C17H15N7O4. The maximum absolute atomic E-state index is 12.4. The highest BCUT2D eigenvalue weighted by Gasteiger charge is 2.34.